The van der Waals surface area contributed by atoms with Crippen LogP contribution in [0.2, 0.25) is 0 Å². The fraction of sp³-hybridized carbons (Fsp3) is 0.667. The summed E-state index contributed by atoms with van der Waals surface area (Å²) < 4.78 is 80.5. The Morgan fingerprint density at radius 1 is 1.23 bits per heavy atom. The van der Waals surface area contributed by atoms with E-state index in [0.29, 0.717) is 0 Å². The maximum Gasteiger partial charge on any atom is 0.425 e. The maximum atomic E-state index is 12.8. The number of rotatable bonds is 5. The standard InChI is InChI=1S/C15H15F6N3O2/c1-8(14(16,17)18)26-10-2-9(23-7-24-10)3-22-11(25)12-4-13(5-12,6-12)15(19,20)21/h2,7-8H,3-6H2,1H3,(H,22,25)/t8-,12?,13?/m1/s1. The number of carbonyl (C=O) groups excluding carboxylic acids is 1. The van der Waals surface area contributed by atoms with Gasteiger partial charge in [-0.25, -0.2) is 9.97 Å². The van der Waals surface area contributed by atoms with E-state index in [0.717, 1.165) is 19.3 Å². The number of aromatic nitrogens is 2. The number of alkyl halides is 6. The molecular formula is C15H15F6N3O2. The van der Waals surface area contributed by atoms with E-state index >= 15 is 0 Å². The lowest BCUT2D eigenvalue weighted by molar-refractivity contribution is -0.351. The van der Waals surface area contributed by atoms with Crippen LogP contribution in [0.25, 0.3) is 0 Å². The van der Waals surface area contributed by atoms with Crippen molar-refractivity contribution in [1.29, 1.82) is 0 Å². The first-order chi connectivity index (χ1) is 11.9. The quantitative estimate of drug-likeness (QED) is 0.794. The van der Waals surface area contributed by atoms with E-state index in [1.165, 1.54) is 0 Å². The summed E-state index contributed by atoms with van der Waals surface area (Å²) in [6.45, 7) is 0.682. The molecule has 1 amide bonds. The lowest BCUT2D eigenvalue weighted by Gasteiger charge is -2.69. The molecule has 0 spiro atoms. The zero-order valence-electron chi connectivity index (χ0n) is 13.5. The highest BCUT2D eigenvalue weighted by atomic mass is 19.4. The van der Waals surface area contributed by atoms with Crippen molar-refractivity contribution in [3.63, 3.8) is 0 Å². The summed E-state index contributed by atoms with van der Waals surface area (Å²) in [5.74, 6) is -0.816. The van der Waals surface area contributed by atoms with Crippen molar-refractivity contribution in [1.82, 2.24) is 15.3 Å². The molecule has 5 nitrogen and oxygen atoms in total. The summed E-state index contributed by atoms with van der Waals surface area (Å²) >= 11 is 0. The smallest absolute Gasteiger partial charge is 0.425 e. The van der Waals surface area contributed by atoms with E-state index in [4.69, 9.17) is 0 Å². The average Bonchev–Trinajstić information content (AvgIpc) is 2.40. The largest absolute Gasteiger partial charge is 0.465 e. The number of nitrogens with zero attached hydrogens (tertiary/aromatic N) is 2. The first-order valence-corrected chi connectivity index (χ1v) is 7.76. The minimum Gasteiger partial charge on any atom is -0.465 e. The van der Waals surface area contributed by atoms with Crippen molar-refractivity contribution in [2.75, 3.05) is 0 Å². The molecule has 0 aliphatic heterocycles. The number of hydrogen-bond donors (Lipinski definition) is 1. The number of halogens is 6. The van der Waals surface area contributed by atoms with Gasteiger partial charge in [0.15, 0.2) is 6.10 Å². The van der Waals surface area contributed by atoms with Gasteiger partial charge in [-0.2, -0.15) is 26.3 Å². The molecule has 4 rings (SSSR count). The Morgan fingerprint density at radius 3 is 2.38 bits per heavy atom. The summed E-state index contributed by atoms with van der Waals surface area (Å²) in [6.07, 6.45) is -10.6. The highest BCUT2D eigenvalue weighted by Gasteiger charge is 2.80. The second-order valence-electron chi connectivity index (χ2n) is 6.92. The summed E-state index contributed by atoms with van der Waals surface area (Å²) in [5.41, 5.74) is -2.53. The normalized spacial score (nSPS) is 28.6. The van der Waals surface area contributed by atoms with Crippen molar-refractivity contribution in [3.8, 4) is 5.88 Å². The molecule has 0 saturated heterocycles. The molecule has 0 unspecified atom stereocenters. The van der Waals surface area contributed by atoms with Crippen LogP contribution >= 0.6 is 0 Å². The number of hydrogen-bond acceptors (Lipinski definition) is 4. The van der Waals surface area contributed by atoms with Gasteiger partial charge in [-0.05, 0) is 26.2 Å². The molecule has 0 aromatic carbocycles. The van der Waals surface area contributed by atoms with Crippen LogP contribution in [0.3, 0.4) is 0 Å². The van der Waals surface area contributed by atoms with Crippen molar-refractivity contribution < 1.29 is 35.9 Å². The van der Waals surface area contributed by atoms with Crippen molar-refractivity contribution in [2.24, 2.45) is 10.8 Å². The Morgan fingerprint density at radius 2 is 1.85 bits per heavy atom. The van der Waals surface area contributed by atoms with E-state index in [1.54, 1.807) is 0 Å². The van der Waals surface area contributed by atoms with Gasteiger partial charge in [-0.15, -0.1) is 0 Å². The van der Waals surface area contributed by atoms with Gasteiger partial charge >= 0.3 is 12.4 Å². The molecule has 3 aliphatic rings. The summed E-state index contributed by atoms with van der Waals surface area (Å²) in [6, 6.07) is 1.14. The third-order valence-corrected chi connectivity index (χ3v) is 5.00. The number of amides is 1. The van der Waals surface area contributed by atoms with Gasteiger partial charge in [0.25, 0.3) is 0 Å². The highest BCUT2D eigenvalue weighted by Crippen LogP contribution is 2.78. The fourth-order valence-electron chi connectivity index (χ4n) is 3.47. The van der Waals surface area contributed by atoms with E-state index in [-0.39, 0.29) is 37.4 Å². The molecule has 1 N–H and O–H groups in total. The van der Waals surface area contributed by atoms with Gasteiger partial charge in [0, 0.05) is 6.07 Å². The summed E-state index contributed by atoms with van der Waals surface area (Å²) in [5, 5.41) is 2.48. The van der Waals surface area contributed by atoms with Gasteiger partial charge in [-0.3, -0.25) is 4.79 Å². The molecule has 3 fully saturated rings. The molecule has 2 bridgehead atoms. The van der Waals surface area contributed by atoms with E-state index in [2.05, 4.69) is 20.0 Å². The van der Waals surface area contributed by atoms with Crippen molar-refractivity contribution >= 4 is 5.91 Å². The maximum absolute atomic E-state index is 12.8. The topological polar surface area (TPSA) is 64.1 Å². The predicted octanol–water partition coefficient (Wildman–Crippen LogP) is 3.16. The van der Waals surface area contributed by atoms with E-state index in [9.17, 15) is 31.1 Å². The van der Waals surface area contributed by atoms with Crippen LogP contribution in [0, 0.1) is 10.8 Å². The van der Waals surface area contributed by atoms with Crippen LogP contribution in [0.15, 0.2) is 12.4 Å². The monoisotopic (exact) mass is 383 g/mol. The van der Waals surface area contributed by atoms with E-state index in [1.807, 2.05) is 0 Å². The minimum atomic E-state index is -4.56. The van der Waals surface area contributed by atoms with Gasteiger partial charge in [0.2, 0.25) is 11.8 Å². The molecule has 3 aliphatic carbocycles. The molecule has 26 heavy (non-hydrogen) atoms. The summed E-state index contributed by atoms with van der Waals surface area (Å²) in [4.78, 5) is 19.5. The van der Waals surface area contributed by atoms with Gasteiger partial charge in [-0.1, -0.05) is 0 Å². The first kappa shape index (κ1) is 18.7. The Kier molecular flexibility index (Phi) is 4.11. The Labute approximate surface area is 144 Å². The molecule has 1 aromatic heterocycles. The van der Waals surface area contributed by atoms with E-state index < -0.39 is 35.2 Å². The molecule has 3 saturated carbocycles. The number of ether oxygens (including phenoxy) is 1. The third-order valence-electron chi connectivity index (χ3n) is 5.00. The summed E-state index contributed by atoms with van der Waals surface area (Å²) in [7, 11) is 0. The van der Waals surface area contributed by atoms with Crippen molar-refractivity contribution in [3.05, 3.63) is 18.1 Å². The lowest BCUT2D eigenvalue weighted by Crippen LogP contribution is -2.72. The van der Waals surface area contributed by atoms with Crippen molar-refractivity contribution in [2.45, 2.75) is 51.2 Å². The highest BCUT2D eigenvalue weighted by molar-refractivity contribution is 5.86. The van der Waals surface area contributed by atoms with Crippen LogP contribution in [0.1, 0.15) is 31.9 Å². The predicted molar refractivity (Wildman–Crippen MR) is 74.8 cm³/mol. The molecule has 1 atom stereocenters. The molecule has 0 radical (unpaired) electrons. The Hall–Kier alpha value is -2.07. The molecule has 11 heteroatoms. The SMILES string of the molecule is C[C@@H](Oc1cc(CNC(=O)C23CC(C(F)(F)F)(C2)C3)ncn1)C(F)(F)F. The number of nitrogens with one attached hydrogen (secondary N) is 1. The lowest BCUT2D eigenvalue weighted by atomic mass is 9.34. The number of carbonyl (C=O) groups is 1. The zero-order valence-corrected chi connectivity index (χ0v) is 13.5. The molecule has 1 aromatic rings. The molecular weight excluding hydrogens is 368 g/mol. The Bertz CT molecular complexity index is 698. The Balaban J connectivity index is 1.53. The van der Waals surface area contributed by atoms with Gasteiger partial charge in [0.05, 0.1) is 23.1 Å². The first-order valence-electron chi connectivity index (χ1n) is 7.76. The third kappa shape index (κ3) is 3.07. The second kappa shape index (κ2) is 5.71. The van der Waals surface area contributed by atoms with Crippen LogP contribution in [0.4, 0.5) is 26.3 Å². The van der Waals surface area contributed by atoms with Crippen LogP contribution in [0.5, 0.6) is 5.88 Å². The van der Waals surface area contributed by atoms with Gasteiger partial charge < -0.3 is 10.1 Å². The second-order valence-corrected chi connectivity index (χ2v) is 6.92. The fourth-order valence-corrected chi connectivity index (χ4v) is 3.47. The average molecular weight is 383 g/mol. The zero-order chi connectivity index (χ0) is 19.4. The molecule has 1 heterocycles. The van der Waals surface area contributed by atoms with Crippen LogP contribution in [-0.2, 0) is 11.3 Å². The van der Waals surface area contributed by atoms with Gasteiger partial charge in [0.1, 0.15) is 6.33 Å². The molecule has 144 valence electrons. The van der Waals surface area contributed by atoms with Crippen LogP contribution in [-0.4, -0.2) is 34.3 Å². The minimum absolute atomic E-state index is 0.140. The van der Waals surface area contributed by atoms with Crippen LogP contribution < -0.4 is 10.1 Å².